The SMILES string of the molecule is CCCCCCCCC(CC)Cc1ccccc1-c1cccc2ccccc12. The third-order valence-corrected chi connectivity index (χ3v) is 6.15. The fraction of sp³-hybridized carbons (Fsp3) is 0.429. The van der Waals surface area contributed by atoms with Gasteiger partial charge in [-0.2, -0.15) is 0 Å². The summed E-state index contributed by atoms with van der Waals surface area (Å²) < 4.78 is 0. The highest BCUT2D eigenvalue weighted by Crippen LogP contribution is 2.33. The average Bonchev–Trinajstić information content (AvgIpc) is 2.75. The van der Waals surface area contributed by atoms with Crippen molar-refractivity contribution in [2.24, 2.45) is 5.92 Å². The third-order valence-electron chi connectivity index (χ3n) is 6.15. The largest absolute Gasteiger partial charge is 0.0654 e. The third kappa shape index (κ3) is 5.47. The van der Waals surface area contributed by atoms with E-state index in [4.69, 9.17) is 0 Å². The standard InChI is InChI=1S/C28H36/c1-3-5-6-7-8-9-15-23(4-2)22-25-17-11-13-20-27(25)28-21-14-18-24-16-10-12-19-26(24)28/h10-14,16-21,23H,3-9,15,22H2,1-2H3. The maximum Gasteiger partial charge on any atom is -0.0103 e. The van der Waals surface area contributed by atoms with Gasteiger partial charge in [0.25, 0.3) is 0 Å². The summed E-state index contributed by atoms with van der Waals surface area (Å²) in [5.74, 6) is 0.794. The van der Waals surface area contributed by atoms with Gasteiger partial charge in [0.1, 0.15) is 0 Å². The zero-order valence-corrected chi connectivity index (χ0v) is 17.8. The highest BCUT2D eigenvalue weighted by Gasteiger charge is 2.13. The average molecular weight is 373 g/mol. The summed E-state index contributed by atoms with van der Waals surface area (Å²) in [6.07, 6.45) is 12.2. The summed E-state index contributed by atoms with van der Waals surface area (Å²) in [4.78, 5) is 0. The van der Waals surface area contributed by atoms with Gasteiger partial charge in [-0.05, 0) is 39.8 Å². The van der Waals surface area contributed by atoms with Crippen LogP contribution < -0.4 is 0 Å². The van der Waals surface area contributed by atoms with Crippen LogP contribution in [-0.4, -0.2) is 0 Å². The van der Waals surface area contributed by atoms with Crippen molar-refractivity contribution in [2.75, 3.05) is 0 Å². The van der Waals surface area contributed by atoms with Crippen molar-refractivity contribution in [3.63, 3.8) is 0 Å². The van der Waals surface area contributed by atoms with E-state index in [9.17, 15) is 0 Å². The van der Waals surface area contributed by atoms with Crippen molar-refractivity contribution in [1.82, 2.24) is 0 Å². The molecule has 1 unspecified atom stereocenters. The Balaban J connectivity index is 1.73. The van der Waals surface area contributed by atoms with Crippen LogP contribution in [0.1, 0.15) is 70.8 Å². The number of fused-ring (bicyclic) bond motifs is 1. The van der Waals surface area contributed by atoms with E-state index < -0.39 is 0 Å². The Hall–Kier alpha value is -2.08. The Labute approximate surface area is 172 Å². The topological polar surface area (TPSA) is 0 Å². The molecule has 1 atom stereocenters. The van der Waals surface area contributed by atoms with E-state index in [0.717, 1.165) is 5.92 Å². The molecule has 3 aromatic carbocycles. The van der Waals surface area contributed by atoms with Crippen LogP contribution in [0.4, 0.5) is 0 Å². The van der Waals surface area contributed by atoms with E-state index in [-0.39, 0.29) is 0 Å². The lowest BCUT2D eigenvalue weighted by Crippen LogP contribution is -2.05. The molecule has 0 fully saturated rings. The summed E-state index contributed by atoms with van der Waals surface area (Å²) >= 11 is 0. The molecular weight excluding hydrogens is 336 g/mol. The molecule has 0 aliphatic rings. The van der Waals surface area contributed by atoms with E-state index in [2.05, 4.69) is 80.6 Å². The second-order valence-corrected chi connectivity index (χ2v) is 8.22. The first-order chi connectivity index (χ1) is 13.8. The molecule has 0 saturated carbocycles. The fourth-order valence-electron chi connectivity index (χ4n) is 4.40. The molecule has 0 spiro atoms. The molecule has 0 amide bonds. The molecule has 0 heteroatoms. The normalized spacial score (nSPS) is 12.4. The number of hydrogen-bond acceptors (Lipinski definition) is 0. The first-order valence-electron chi connectivity index (χ1n) is 11.4. The maximum absolute atomic E-state index is 2.36. The van der Waals surface area contributed by atoms with Crippen LogP contribution >= 0.6 is 0 Å². The van der Waals surface area contributed by atoms with E-state index in [1.807, 2.05) is 0 Å². The minimum Gasteiger partial charge on any atom is -0.0654 e. The van der Waals surface area contributed by atoms with Crippen LogP contribution in [0.25, 0.3) is 21.9 Å². The lowest BCUT2D eigenvalue weighted by atomic mass is 9.87. The molecule has 0 nitrogen and oxygen atoms in total. The predicted octanol–water partition coefficient (Wildman–Crippen LogP) is 8.83. The van der Waals surface area contributed by atoms with Gasteiger partial charge in [-0.15, -0.1) is 0 Å². The van der Waals surface area contributed by atoms with Gasteiger partial charge in [-0.1, -0.05) is 132 Å². The van der Waals surface area contributed by atoms with Crippen LogP contribution in [0.5, 0.6) is 0 Å². The molecule has 28 heavy (non-hydrogen) atoms. The van der Waals surface area contributed by atoms with Crippen LogP contribution in [0.15, 0.2) is 66.7 Å². The summed E-state index contributed by atoms with van der Waals surface area (Å²) in [7, 11) is 0. The molecule has 0 aliphatic heterocycles. The van der Waals surface area contributed by atoms with Crippen molar-refractivity contribution in [1.29, 1.82) is 0 Å². The lowest BCUT2D eigenvalue weighted by Gasteiger charge is -2.18. The molecule has 0 heterocycles. The molecule has 148 valence electrons. The number of rotatable bonds is 11. The molecule has 0 saturated heterocycles. The Morgan fingerprint density at radius 3 is 2.18 bits per heavy atom. The molecule has 0 N–H and O–H groups in total. The zero-order valence-electron chi connectivity index (χ0n) is 17.8. The summed E-state index contributed by atoms with van der Waals surface area (Å²) in [5.41, 5.74) is 4.31. The molecule has 0 aliphatic carbocycles. The first kappa shape index (κ1) is 20.6. The summed E-state index contributed by atoms with van der Waals surface area (Å²) in [6.45, 7) is 4.66. The van der Waals surface area contributed by atoms with Crippen LogP contribution in [0, 0.1) is 5.92 Å². The lowest BCUT2D eigenvalue weighted by molar-refractivity contribution is 0.436. The van der Waals surface area contributed by atoms with Crippen LogP contribution in [0.2, 0.25) is 0 Å². The Morgan fingerprint density at radius 2 is 1.32 bits per heavy atom. The van der Waals surface area contributed by atoms with E-state index in [1.54, 1.807) is 0 Å². The van der Waals surface area contributed by atoms with Crippen molar-refractivity contribution in [3.05, 3.63) is 72.3 Å². The quantitative estimate of drug-likeness (QED) is 0.295. The molecule has 3 rings (SSSR count). The summed E-state index contributed by atoms with van der Waals surface area (Å²) in [5, 5.41) is 2.69. The van der Waals surface area contributed by atoms with Gasteiger partial charge in [0, 0.05) is 0 Å². The zero-order chi connectivity index (χ0) is 19.6. The molecule has 0 aromatic heterocycles. The van der Waals surface area contributed by atoms with Gasteiger partial charge >= 0.3 is 0 Å². The Bertz CT molecular complexity index is 840. The van der Waals surface area contributed by atoms with Gasteiger partial charge in [-0.25, -0.2) is 0 Å². The van der Waals surface area contributed by atoms with Gasteiger partial charge < -0.3 is 0 Å². The second-order valence-electron chi connectivity index (χ2n) is 8.22. The van der Waals surface area contributed by atoms with Crippen molar-refractivity contribution < 1.29 is 0 Å². The van der Waals surface area contributed by atoms with E-state index in [1.165, 1.54) is 85.3 Å². The van der Waals surface area contributed by atoms with Gasteiger partial charge in [-0.3, -0.25) is 0 Å². The molecule has 3 aromatic rings. The first-order valence-corrected chi connectivity index (χ1v) is 11.4. The number of benzene rings is 3. The van der Waals surface area contributed by atoms with Crippen LogP contribution in [-0.2, 0) is 6.42 Å². The summed E-state index contributed by atoms with van der Waals surface area (Å²) in [6, 6.07) is 24.5. The Kier molecular flexibility index (Phi) is 8.15. The van der Waals surface area contributed by atoms with Gasteiger partial charge in [0.05, 0.1) is 0 Å². The number of hydrogen-bond donors (Lipinski definition) is 0. The second kappa shape index (κ2) is 11.1. The molecule has 0 radical (unpaired) electrons. The van der Waals surface area contributed by atoms with Crippen molar-refractivity contribution >= 4 is 10.8 Å². The van der Waals surface area contributed by atoms with Crippen molar-refractivity contribution in [2.45, 2.75) is 71.6 Å². The van der Waals surface area contributed by atoms with Crippen LogP contribution in [0.3, 0.4) is 0 Å². The monoisotopic (exact) mass is 372 g/mol. The Morgan fingerprint density at radius 1 is 0.643 bits per heavy atom. The maximum atomic E-state index is 2.36. The van der Waals surface area contributed by atoms with Crippen molar-refractivity contribution in [3.8, 4) is 11.1 Å². The minimum absolute atomic E-state index is 0.794. The fourth-order valence-corrected chi connectivity index (χ4v) is 4.40. The molecule has 0 bridgehead atoms. The van der Waals surface area contributed by atoms with Gasteiger partial charge in [0.15, 0.2) is 0 Å². The minimum atomic E-state index is 0.794. The predicted molar refractivity (Wildman–Crippen MR) is 125 cm³/mol. The van der Waals surface area contributed by atoms with E-state index in [0.29, 0.717) is 0 Å². The molecular formula is C28H36. The number of unbranched alkanes of at least 4 members (excludes halogenated alkanes) is 5. The highest BCUT2D eigenvalue weighted by atomic mass is 14.2. The van der Waals surface area contributed by atoms with Gasteiger partial charge in [0.2, 0.25) is 0 Å². The van der Waals surface area contributed by atoms with E-state index >= 15 is 0 Å². The smallest absolute Gasteiger partial charge is 0.0103 e. The highest BCUT2D eigenvalue weighted by molar-refractivity contribution is 5.97.